The van der Waals surface area contributed by atoms with E-state index < -0.39 is 5.97 Å². The van der Waals surface area contributed by atoms with E-state index in [0.29, 0.717) is 24.1 Å². The van der Waals surface area contributed by atoms with Gasteiger partial charge in [0.1, 0.15) is 0 Å². The first-order chi connectivity index (χ1) is 9.65. The van der Waals surface area contributed by atoms with Crippen molar-refractivity contribution in [2.75, 3.05) is 19.7 Å². The summed E-state index contributed by atoms with van der Waals surface area (Å²) in [4.78, 5) is 36.6. The maximum atomic E-state index is 12.0. The summed E-state index contributed by atoms with van der Waals surface area (Å²) in [6.07, 6.45) is 0.592. The molecule has 2 N–H and O–H groups in total. The zero-order chi connectivity index (χ0) is 14.5. The Morgan fingerprint density at radius 1 is 1.15 bits per heavy atom. The van der Waals surface area contributed by atoms with Crippen LogP contribution in [-0.4, -0.2) is 42.4 Å². The Morgan fingerprint density at radius 3 is 2.30 bits per heavy atom. The van der Waals surface area contributed by atoms with Crippen LogP contribution in [0.25, 0.3) is 0 Å². The highest BCUT2D eigenvalue weighted by Gasteiger charge is 2.34. The fourth-order valence-electron chi connectivity index (χ4n) is 1.99. The first kappa shape index (κ1) is 14.2. The average Bonchev–Trinajstić information content (AvgIpc) is 2.70. The minimum Gasteiger partial charge on any atom is -0.466 e. The molecule has 2 amide bonds. The number of carbonyl (C=O) groups is 3. The van der Waals surface area contributed by atoms with Gasteiger partial charge >= 0.3 is 5.97 Å². The molecule has 0 atom stereocenters. The van der Waals surface area contributed by atoms with E-state index in [1.54, 1.807) is 24.3 Å². The number of ether oxygens (including phenoxy) is 1. The van der Waals surface area contributed by atoms with Crippen LogP contribution >= 0.6 is 0 Å². The van der Waals surface area contributed by atoms with Crippen molar-refractivity contribution in [1.29, 1.82) is 0 Å². The highest BCUT2D eigenvalue weighted by molar-refractivity contribution is 6.21. The molecule has 0 unspecified atom stereocenters. The molecule has 1 heterocycles. The van der Waals surface area contributed by atoms with Crippen molar-refractivity contribution in [1.82, 2.24) is 4.90 Å². The van der Waals surface area contributed by atoms with Crippen LogP contribution in [0.3, 0.4) is 0 Å². The minimum atomic E-state index is -0.435. The SMILES string of the molecule is NCCCOC(=O)CCN1C(=O)c2ccccc2C1=O. The monoisotopic (exact) mass is 276 g/mol. The Kier molecular flexibility index (Phi) is 4.47. The summed E-state index contributed by atoms with van der Waals surface area (Å²) in [7, 11) is 0. The molecule has 2 rings (SSSR count). The predicted octanol–water partition coefficient (Wildman–Crippen LogP) is 0.565. The van der Waals surface area contributed by atoms with Crippen molar-refractivity contribution < 1.29 is 19.1 Å². The second kappa shape index (κ2) is 6.29. The first-order valence-electron chi connectivity index (χ1n) is 6.46. The topological polar surface area (TPSA) is 89.7 Å². The van der Waals surface area contributed by atoms with Gasteiger partial charge in [-0.15, -0.1) is 0 Å². The van der Waals surface area contributed by atoms with E-state index in [2.05, 4.69) is 0 Å². The van der Waals surface area contributed by atoms with E-state index in [4.69, 9.17) is 10.5 Å². The lowest BCUT2D eigenvalue weighted by molar-refractivity contribution is -0.143. The lowest BCUT2D eigenvalue weighted by Gasteiger charge is -2.13. The molecule has 1 aliphatic heterocycles. The average molecular weight is 276 g/mol. The molecule has 0 spiro atoms. The maximum absolute atomic E-state index is 12.0. The number of fused-ring (bicyclic) bond motifs is 1. The first-order valence-corrected chi connectivity index (χ1v) is 6.46. The molecule has 6 heteroatoms. The third kappa shape index (κ3) is 2.85. The highest BCUT2D eigenvalue weighted by Crippen LogP contribution is 2.22. The quantitative estimate of drug-likeness (QED) is 0.466. The molecule has 0 aliphatic carbocycles. The predicted molar refractivity (Wildman–Crippen MR) is 71.1 cm³/mol. The number of nitrogens with two attached hydrogens (primary N) is 1. The molecular weight excluding hydrogens is 260 g/mol. The van der Waals surface area contributed by atoms with Gasteiger partial charge in [0, 0.05) is 6.54 Å². The number of rotatable bonds is 6. The van der Waals surface area contributed by atoms with E-state index >= 15 is 0 Å². The van der Waals surface area contributed by atoms with Crippen LogP contribution in [0.1, 0.15) is 33.6 Å². The summed E-state index contributed by atoms with van der Waals surface area (Å²) in [6.45, 7) is 0.747. The van der Waals surface area contributed by atoms with Gasteiger partial charge in [0.2, 0.25) is 0 Å². The molecule has 106 valence electrons. The molecule has 0 saturated carbocycles. The molecule has 0 fully saturated rings. The number of benzene rings is 1. The Balaban J connectivity index is 1.91. The third-order valence-electron chi connectivity index (χ3n) is 3.03. The van der Waals surface area contributed by atoms with Crippen molar-refractivity contribution in [3.8, 4) is 0 Å². The third-order valence-corrected chi connectivity index (χ3v) is 3.03. The highest BCUT2D eigenvalue weighted by atomic mass is 16.5. The Labute approximate surface area is 116 Å². The summed E-state index contributed by atoms with van der Waals surface area (Å²) in [5, 5.41) is 0. The van der Waals surface area contributed by atoms with Crippen LogP contribution in [0, 0.1) is 0 Å². The fourth-order valence-corrected chi connectivity index (χ4v) is 1.99. The molecule has 6 nitrogen and oxygen atoms in total. The summed E-state index contributed by atoms with van der Waals surface area (Å²) in [6, 6.07) is 6.62. The van der Waals surface area contributed by atoms with Gasteiger partial charge in [-0.25, -0.2) is 0 Å². The number of esters is 1. The second-order valence-corrected chi connectivity index (χ2v) is 4.42. The van der Waals surface area contributed by atoms with Gasteiger partial charge in [-0.05, 0) is 25.1 Å². The number of hydrogen-bond acceptors (Lipinski definition) is 5. The van der Waals surface area contributed by atoms with Crippen LogP contribution in [0.4, 0.5) is 0 Å². The van der Waals surface area contributed by atoms with Crippen molar-refractivity contribution in [3.05, 3.63) is 35.4 Å². The zero-order valence-electron chi connectivity index (χ0n) is 11.0. The minimum absolute atomic E-state index is 0.00393. The van der Waals surface area contributed by atoms with Gasteiger partial charge in [0.05, 0.1) is 24.2 Å². The lowest BCUT2D eigenvalue weighted by Crippen LogP contribution is -2.32. The van der Waals surface area contributed by atoms with Gasteiger partial charge in [-0.2, -0.15) is 0 Å². The van der Waals surface area contributed by atoms with Crippen LogP contribution < -0.4 is 5.73 Å². The number of hydrogen-bond donors (Lipinski definition) is 1. The smallest absolute Gasteiger partial charge is 0.307 e. The summed E-state index contributed by atoms with van der Waals surface area (Å²) in [5.41, 5.74) is 6.05. The van der Waals surface area contributed by atoms with Crippen molar-refractivity contribution >= 4 is 17.8 Å². The molecule has 0 saturated heterocycles. The largest absolute Gasteiger partial charge is 0.466 e. The number of imide groups is 1. The van der Waals surface area contributed by atoms with Gasteiger partial charge < -0.3 is 10.5 Å². The molecule has 1 aromatic carbocycles. The number of nitrogens with zero attached hydrogens (tertiary/aromatic N) is 1. The molecule has 0 aromatic heterocycles. The normalized spacial score (nSPS) is 13.6. The molecular formula is C14H16N2O4. The van der Waals surface area contributed by atoms with Gasteiger partial charge in [-0.3, -0.25) is 19.3 Å². The van der Waals surface area contributed by atoms with Crippen LogP contribution in [0.5, 0.6) is 0 Å². The molecule has 0 radical (unpaired) electrons. The van der Waals surface area contributed by atoms with Crippen LogP contribution in [0.15, 0.2) is 24.3 Å². The Morgan fingerprint density at radius 2 is 1.75 bits per heavy atom. The molecule has 1 aliphatic rings. The number of amides is 2. The van der Waals surface area contributed by atoms with E-state index in [9.17, 15) is 14.4 Å². The summed E-state index contributed by atoms with van der Waals surface area (Å²) in [5.74, 6) is -1.16. The van der Waals surface area contributed by atoms with Crippen molar-refractivity contribution in [3.63, 3.8) is 0 Å². The van der Waals surface area contributed by atoms with Gasteiger partial charge in [-0.1, -0.05) is 12.1 Å². The second-order valence-electron chi connectivity index (χ2n) is 4.42. The van der Waals surface area contributed by atoms with E-state index in [-0.39, 0.29) is 31.4 Å². The maximum Gasteiger partial charge on any atom is 0.307 e. The van der Waals surface area contributed by atoms with Gasteiger partial charge in [0.25, 0.3) is 11.8 Å². The number of carbonyl (C=O) groups excluding carboxylic acids is 3. The van der Waals surface area contributed by atoms with E-state index in [0.717, 1.165) is 4.90 Å². The molecule has 0 bridgehead atoms. The van der Waals surface area contributed by atoms with Gasteiger partial charge in [0.15, 0.2) is 0 Å². The Hall–Kier alpha value is -2.21. The Bertz CT molecular complexity index is 507. The molecule has 20 heavy (non-hydrogen) atoms. The fraction of sp³-hybridized carbons (Fsp3) is 0.357. The molecule has 1 aromatic rings. The van der Waals surface area contributed by atoms with Crippen LogP contribution in [-0.2, 0) is 9.53 Å². The van der Waals surface area contributed by atoms with Crippen molar-refractivity contribution in [2.24, 2.45) is 5.73 Å². The summed E-state index contributed by atoms with van der Waals surface area (Å²) >= 11 is 0. The van der Waals surface area contributed by atoms with Crippen LogP contribution in [0.2, 0.25) is 0 Å². The van der Waals surface area contributed by atoms with E-state index in [1.165, 1.54) is 0 Å². The van der Waals surface area contributed by atoms with Crippen molar-refractivity contribution in [2.45, 2.75) is 12.8 Å². The lowest BCUT2D eigenvalue weighted by atomic mass is 10.1. The van der Waals surface area contributed by atoms with E-state index in [1.807, 2.05) is 0 Å². The standard InChI is InChI=1S/C14H16N2O4/c15-7-3-9-20-12(17)6-8-16-13(18)10-4-1-2-5-11(10)14(16)19/h1-2,4-5H,3,6-9,15H2. The zero-order valence-corrected chi connectivity index (χ0v) is 11.0. The summed E-state index contributed by atoms with van der Waals surface area (Å²) < 4.78 is 4.92.